The number of oxazole rings is 1. The van der Waals surface area contributed by atoms with Crippen LogP contribution < -0.4 is 4.90 Å². The number of H-pyrrole nitrogens is 1. The van der Waals surface area contributed by atoms with Gasteiger partial charge < -0.3 is 19.4 Å². The number of carbonyl (C=O) groups is 1. The molecule has 7 heteroatoms. The average molecular weight is 301 g/mol. The van der Waals surface area contributed by atoms with Gasteiger partial charge in [-0.2, -0.15) is 4.98 Å². The monoisotopic (exact) mass is 301 g/mol. The number of aromatic amines is 1. The highest BCUT2D eigenvalue weighted by atomic mass is 19.1. The van der Waals surface area contributed by atoms with Crippen LogP contribution in [-0.4, -0.2) is 27.6 Å². The molecule has 3 aromatic rings. The molecule has 0 saturated carbocycles. The van der Waals surface area contributed by atoms with Crippen molar-refractivity contribution in [2.45, 2.75) is 13.0 Å². The molecule has 3 heterocycles. The summed E-state index contributed by atoms with van der Waals surface area (Å²) >= 11 is 0. The van der Waals surface area contributed by atoms with Gasteiger partial charge in [-0.3, -0.25) is 0 Å². The second kappa shape index (κ2) is 4.59. The summed E-state index contributed by atoms with van der Waals surface area (Å²) in [6, 6.07) is 4.93. The predicted molar refractivity (Wildman–Crippen MR) is 76.5 cm³/mol. The summed E-state index contributed by atoms with van der Waals surface area (Å²) < 4.78 is 18.7. The number of benzene rings is 1. The van der Waals surface area contributed by atoms with E-state index in [4.69, 9.17) is 9.52 Å². The highest BCUT2D eigenvalue weighted by Gasteiger charge is 2.24. The van der Waals surface area contributed by atoms with Crippen molar-refractivity contribution >= 4 is 22.9 Å². The van der Waals surface area contributed by atoms with Gasteiger partial charge in [0, 0.05) is 41.7 Å². The number of carboxylic acid groups (broad SMARTS) is 1. The quantitative estimate of drug-likeness (QED) is 0.760. The lowest BCUT2D eigenvalue weighted by Crippen LogP contribution is -2.30. The molecule has 0 aliphatic carbocycles. The number of anilines is 1. The molecule has 0 radical (unpaired) electrons. The van der Waals surface area contributed by atoms with E-state index in [2.05, 4.69) is 9.97 Å². The van der Waals surface area contributed by atoms with E-state index < -0.39 is 5.97 Å². The van der Waals surface area contributed by atoms with Crippen LogP contribution in [0.4, 0.5) is 10.4 Å². The Labute approximate surface area is 124 Å². The van der Waals surface area contributed by atoms with Crippen LogP contribution in [0.25, 0.3) is 10.9 Å². The van der Waals surface area contributed by atoms with Crippen molar-refractivity contribution in [3.63, 3.8) is 0 Å². The number of halogens is 1. The molecule has 1 aromatic carbocycles. The first-order chi connectivity index (χ1) is 10.6. The van der Waals surface area contributed by atoms with Crippen molar-refractivity contribution in [3.05, 3.63) is 47.2 Å². The van der Waals surface area contributed by atoms with Crippen LogP contribution in [0.1, 0.15) is 21.7 Å². The fourth-order valence-corrected chi connectivity index (χ4v) is 2.86. The van der Waals surface area contributed by atoms with Crippen molar-refractivity contribution in [3.8, 4) is 0 Å². The Bertz CT molecular complexity index is 883. The van der Waals surface area contributed by atoms with Gasteiger partial charge in [0.2, 0.25) is 0 Å². The standard InChI is InChI=1S/C15H12FN3O3/c16-8-1-2-11-9(5-8)10-6-19(4-3-12(10)17-11)15-18-13(7-22-15)14(20)21/h1-2,5,7,17H,3-4,6H2,(H,20,21). The van der Waals surface area contributed by atoms with E-state index in [0.29, 0.717) is 13.1 Å². The third kappa shape index (κ3) is 1.93. The number of rotatable bonds is 2. The zero-order valence-electron chi connectivity index (χ0n) is 11.5. The van der Waals surface area contributed by atoms with Crippen molar-refractivity contribution < 1.29 is 18.7 Å². The molecule has 0 spiro atoms. The minimum Gasteiger partial charge on any atom is -0.476 e. The summed E-state index contributed by atoms with van der Waals surface area (Å²) in [7, 11) is 0. The Balaban J connectivity index is 1.72. The smallest absolute Gasteiger partial charge is 0.357 e. The maximum Gasteiger partial charge on any atom is 0.357 e. The number of carboxylic acids is 1. The van der Waals surface area contributed by atoms with Crippen LogP contribution in [-0.2, 0) is 13.0 Å². The molecule has 4 rings (SSSR count). The predicted octanol–water partition coefficient (Wildman–Crippen LogP) is 2.56. The molecule has 2 N–H and O–H groups in total. The molecule has 2 aromatic heterocycles. The molecule has 0 amide bonds. The Morgan fingerprint density at radius 3 is 3.09 bits per heavy atom. The Kier molecular flexibility index (Phi) is 2.69. The highest BCUT2D eigenvalue weighted by Crippen LogP contribution is 2.30. The molecule has 6 nitrogen and oxygen atoms in total. The number of hydrogen-bond donors (Lipinski definition) is 2. The van der Waals surface area contributed by atoms with Gasteiger partial charge in [0.1, 0.15) is 12.1 Å². The van der Waals surface area contributed by atoms with E-state index in [-0.39, 0.29) is 17.5 Å². The second-order valence-corrected chi connectivity index (χ2v) is 5.26. The number of fused-ring (bicyclic) bond motifs is 3. The highest BCUT2D eigenvalue weighted by molar-refractivity contribution is 5.86. The van der Waals surface area contributed by atoms with E-state index in [9.17, 15) is 9.18 Å². The summed E-state index contributed by atoms with van der Waals surface area (Å²) in [4.78, 5) is 20.0. The number of nitrogens with zero attached hydrogens (tertiary/aromatic N) is 2. The summed E-state index contributed by atoms with van der Waals surface area (Å²) in [6.07, 6.45) is 1.86. The fraction of sp³-hybridized carbons (Fsp3) is 0.200. The SMILES string of the molecule is O=C(O)c1coc(N2CCc3[nH]c4ccc(F)cc4c3C2)n1. The van der Waals surface area contributed by atoms with E-state index in [1.807, 2.05) is 4.90 Å². The number of nitrogens with one attached hydrogen (secondary N) is 1. The van der Waals surface area contributed by atoms with Gasteiger partial charge in [0.05, 0.1) is 0 Å². The zero-order valence-corrected chi connectivity index (χ0v) is 11.5. The third-order valence-electron chi connectivity index (χ3n) is 3.92. The molecule has 0 bridgehead atoms. The van der Waals surface area contributed by atoms with E-state index in [1.165, 1.54) is 12.1 Å². The average Bonchev–Trinajstić information content (AvgIpc) is 3.11. The maximum absolute atomic E-state index is 13.5. The largest absolute Gasteiger partial charge is 0.476 e. The topological polar surface area (TPSA) is 82.4 Å². The normalized spacial score (nSPS) is 14.3. The van der Waals surface area contributed by atoms with E-state index in [0.717, 1.165) is 34.8 Å². The van der Waals surface area contributed by atoms with Crippen LogP contribution in [0.2, 0.25) is 0 Å². The lowest BCUT2D eigenvalue weighted by Gasteiger charge is -2.25. The van der Waals surface area contributed by atoms with E-state index in [1.54, 1.807) is 6.07 Å². The molecule has 1 aliphatic rings. The van der Waals surface area contributed by atoms with Crippen molar-refractivity contribution in [2.75, 3.05) is 11.4 Å². The summed E-state index contributed by atoms with van der Waals surface area (Å²) in [5, 5.41) is 9.74. The minimum atomic E-state index is -1.12. The van der Waals surface area contributed by atoms with Gasteiger partial charge in [-0.05, 0) is 18.2 Å². The van der Waals surface area contributed by atoms with Crippen molar-refractivity contribution in [1.82, 2.24) is 9.97 Å². The van der Waals surface area contributed by atoms with Gasteiger partial charge in [-0.25, -0.2) is 9.18 Å². The fourth-order valence-electron chi connectivity index (χ4n) is 2.86. The lowest BCUT2D eigenvalue weighted by atomic mass is 10.0. The zero-order chi connectivity index (χ0) is 15.3. The van der Waals surface area contributed by atoms with Crippen molar-refractivity contribution in [2.24, 2.45) is 0 Å². The molecule has 1 aliphatic heterocycles. The molecular formula is C15H12FN3O3. The van der Waals surface area contributed by atoms with Crippen molar-refractivity contribution in [1.29, 1.82) is 0 Å². The molecule has 0 saturated heterocycles. The summed E-state index contributed by atoms with van der Waals surface area (Å²) in [6.45, 7) is 1.15. The first-order valence-electron chi connectivity index (χ1n) is 6.84. The van der Waals surface area contributed by atoms with Gasteiger partial charge in [0.15, 0.2) is 5.69 Å². The molecule has 22 heavy (non-hydrogen) atoms. The maximum atomic E-state index is 13.5. The molecule has 0 unspecified atom stereocenters. The molecule has 112 valence electrons. The van der Waals surface area contributed by atoms with E-state index >= 15 is 0 Å². The van der Waals surface area contributed by atoms with Gasteiger partial charge >= 0.3 is 5.97 Å². The molecule has 0 fully saturated rings. The van der Waals surface area contributed by atoms with Crippen LogP contribution in [0.5, 0.6) is 0 Å². The van der Waals surface area contributed by atoms with Crippen LogP contribution in [0, 0.1) is 5.82 Å². The van der Waals surface area contributed by atoms with Crippen LogP contribution in [0.15, 0.2) is 28.9 Å². The Morgan fingerprint density at radius 2 is 2.32 bits per heavy atom. The first kappa shape index (κ1) is 12.9. The first-order valence-corrected chi connectivity index (χ1v) is 6.84. The van der Waals surface area contributed by atoms with Crippen LogP contribution in [0.3, 0.4) is 0 Å². The second-order valence-electron chi connectivity index (χ2n) is 5.26. The minimum absolute atomic E-state index is 0.120. The third-order valence-corrected chi connectivity index (χ3v) is 3.92. The number of aromatic nitrogens is 2. The summed E-state index contributed by atoms with van der Waals surface area (Å²) in [5.41, 5.74) is 2.84. The Morgan fingerprint density at radius 1 is 1.45 bits per heavy atom. The number of aromatic carboxylic acids is 1. The molecular weight excluding hydrogens is 289 g/mol. The number of hydrogen-bond acceptors (Lipinski definition) is 4. The summed E-state index contributed by atoms with van der Waals surface area (Å²) in [5.74, 6) is -1.41. The van der Waals surface area contributed by atoms with Gasteiger partial charge in [-0.15, -0.1) is 0 Å². The van der Waals surface area contributed by atoms with Crippen LogP contribution >= 0.6 is 0 Å². The van der Waals surface area contributed by atoms with Gasteiger partial charge in [-0.1, -0.05) is 0 Å². The van der Waals surface area contributed by atoms with Gasteiger partial charge in [0.25, 0.3) is 6.01 Å². The molecule has 0 atom stereocenters. The Hall–Kier alpha value is -2.83. The lowest BCUT2D eigenvalue weighted by molar-refractivity contribution is 0.0690.